The molecule has 0 spiro atoms. The van der Waals surface area contributed by atoms with Crippen LogP contribution in [0, 0.1) is 0 Å². The standard InChI is InChI=1S/C31H19N3O5.C19H19F3N3S.CNS.Ru/c35-18-37-22-10-12-33-27(15-22)29-17-23(38-19-36)16-28(34-29)26-13-21(9-11-32-26)6-5-20-7-8-25-24-3-1-2-4-30(24)39-31(25)14-20;1-2-3-4-5-6-13-8-10-26-18(13)14-7-9-23-15(11-14)16-12-17(25-24-16)19(20,21)22;2-1-3;/h1-19H;7-12H,2-6H2,1H3;;/q;2*-1;+2/b6-5+;;;. The Morgan fingerprint density at radius 2 is 1.39 bits per heavy atom. The van der Waals surface area contributed by atoms with Gasteiger partial charge in [0.1, 0.15) is 28.4 Å². The van der Waals surface area contributed by atoms with Crippen LogP contribution in [-0.2, 0) is 41.7 Å². The van der Waals surface area contributed by atoms with E-state index in [0.717, 1.165) is 62.4 Å². The molecule has 0 fully saturated rings. The molecule has 0 N–H and O–H groups in total. The van der Waals surface area contributed by atoms with E-state index in [9.17, 15) is 22.8 Å². The zero-order chi connectivity index (χ0) is 47.9. The van der Waals surface area contributed by atoms with Crippen LogP contribution in [-0.4, -0.2) is 43.1 Å². The molecule has 0 saturated carbocycles. The van der Waals surface area contributed by atoms with Crippen LogP contribution in [0.5, 0.6) is 11.5 Å². The smallest absolute Gasteiger partial charge is 0.753 e. The van der Waals surface area contributed by atoms with Crippen LogP contribution < -0.4 is 14.6 Å². The Bertz CT molecular complexity index is 3240. The van der Waals surface area contributed by atoms with Gasteiger partial charge in [0.25, 0.3) is 12.9 Å². The molecule has 2 aromatic carbocycles. The van der Waals surface area contributed by atoms with Gasteiger partial charge >= 0.3 is 25.7 Å². The molecular weight excluding hydrogens is 1010 g/mol. The Morgan fingerprint density at radius 3 is 2.12 bits per heavy atom. The summed E-state index contributed by atoms with van der Waals surface area (Å²) in [5.41, 5.74) is 7.25. The normalized spacial score (nSPS) is 10.9. The Labute approximate surface area is 416 Å². The minimum absolute atomic E-state index is 0. The summed E-state index contributed by atoms with van der Waals surface area (Å²) in [7, 11) is 0. The van der Waals surface area contributed by atoms with Crippen molar-refractivity contribution in [3.63, 3.8) is 0 Å². The second-order valence-corrected chi connectivity index (χ2v) is 15.9. The van der Waals surface area contributed by atoms with Gasteiger partial charge in [-0.1, -0.05) is 80.5 Å². The molecule has 348 valence electrons. The van der Waals surface area contributed by atoms with E-state index in [4.69, 9.17) is 19.3 Å². The summed E-state index contributed by atoms with van der Waals surface area (Å²) < 4.78 is 54.2. The van der Waals surface area contributed by atoms with Gasteiger partial charge in [-0.2, -0.15) is 18.3 Å². The molecule has 0 atom stereocenters. The molecule has 9 aromatic rings. The summed E-state index contributed by atoms with van der Waals surface area (Å²) in [6.45, 7) is 2.86. The van der Waals surface area contributed by atoms with E-state index in [1.165, 1.54) is 36.2 Å². The van der Waals surface area contributed by atoms with Crippen molar-refractivity contribution in [3.05, 3.63) is 155 Å². The van der Waals surface area contributed by atoms with E-state index < -0.39 is 11.9 Å². The van der Waals surface area contributed by atoms with E-state index in [0.29, 0.717) is 47.2 Å². The van der Waals surface area contributed by atoms with Gasteiger partial charge < -0.3 is 29.5 Å². The zero-order valence-corrected chi connectivity index (χ0v) is 39.8. The van der Waals surface area contributed by atoms with Crippen LogP contribution in [0.25, 0.3) is 84.1 Å². The van der Waals surface area contributed by atoms with Gasteiger partial charge in [-0.25, -0.2) is 4.98 Å². The number of para-hydroxylation sites is 1. The number of halogens is 3. The summed E-state index contributed by atoms with van der Waals surface area (Å²) in [6.07, 6.45) is 10.0. The number of rotatable bonds is 15. The van der Waals surface area contributed by atoms with Crippen LogP contribution in [0.4, 0.5) is 13.2 Å². The van der Waals surface area contributed by atoms with Gasteiger partial charge in [0, 0.05) is 52.4 Å². The topological polar surface area (TPSA) is 167 Å². The number of thiophene rings is 1. The van der Waals surface area contributed by atoms with Gasteiger partial charge in [-0.15, -0.1) is 11.3 Å². The summed E-state index contributed by atoms with van der Waals surface area (Å²) in [6, 6.07) is 30.9. The summed E-state index contributed by atoms with van der Waals surface area (Å²) in [5, 5.41) is 19.5. The number of thiocarbonyl (C=S) groups is 1. The Kier molecular flexibility index (Phi) is 18.2. The predicted molar refractivity (Wildman–Crippen MR) is 260 cm³/mol. The van der Waals surface area contributed by atoms with Gasteiger partial charge in [0.15, 0.2) is 0 Å². The number of nitrogens with zero attached hydrogens (tertiary/aromatic N) is 7. The maximum atomic E-state index is 12.7. The fourth-order valence-electron chi connectivity index (χ4n) is 7.10. The number of furan rings is 1. The number of aryl methyl sites for hydroxylation is 1. The molecular formula is C51H38F3N7O5RuS2. The first-order valence-electron chi connectivity index (χ1n) is 21.0. The SMILES string of the molecule is CCCCCCc1ccsc1-c1ccnc(-c2cc(C(F)(F)F)n[n-]2)c1.O=COc1ccnc(-c2cc(OC=O)cc(-c3cc(/C=C/c4ccc5c(c4)oc4ccccc45)ccn3)n2)c1.[N-]=C=S.[Ru+2]. The van der Waals surface area contributed by atoms with Crippen LogP contribution >= 0.6 is 23.6 Å². The molecule has 0 aliphatic heterocycles. The summed E-state index contributed by atoms with van der Waals surface area (Å²) >= 11 is 5.34. The number of alkyl halides is 3. The van der Waals surface area contributed by atoms with Crippen molar-refractivity contribution >= 4 is 75.8 Å². The van der Waals surface area contributed by atoms with Gasteiger partial charge in [-0.05, 0) is 101 Å². The van der Waals surface area contributed by atoms with Crippen molar-refractivity contribution in [2.24, 2.45) is 0 Å². The van der Waals surface area contributed by atoms with Crippen LogP contribution in [0.3, 0.4) is 0 Å². The number of hydrogen-bond donors (Lipinski definition) is 0. The van der Waals surface area contributed by atoms with E-state index in [1.54, 1.807) is 54.1 Å². The van der Waals surface area contributed by atoms with E-state index >= 15 is 0 Å². The average Bonchev–Trinajstić information content (AvgIpc) is 4.13. The van der Waals surface area contributed by atoms with Crippen LogP contribution in [0.2, 0.25) is 0 Å². The van der Waals surface area contributed by atoms with E-state index in [-0.39, 0.29) is 30.9 Å². The van der Waals surface area contributed by atoms with Gasteiger partial charge in [-0.3, -0.25) is 24.5 Å². The van der Waals surface area contributed by atoms with Crippen molar-refractivity contribution in [1.82, 2.24) is 30.1 Å². The zero-order valence-electron chi connectivity index (χ0n) is 36.4. The van der Waals surface area contributed by atoms with Crippen molar-refractivity contribution in [2.75, 3.05) is 0 Å². The van der Waals surface area contributed by atoms with E-state index in [2.05, 4.69) is 72.9 Å². The van der Waals surface area contributed by atoms with Crippen molar-refractivity contribution in [1.29, 1.82) is 0 Å². The molecule has 0 unspecified atom stereocenters. The maximum Gasteiger partial charge on any atom is 2.00 e. The number of hydrogen-bond acceptors (Lipinski definition) is 12. The second kappa shape index (κ2) is 24.6. The number of pyridine rings is 4. The molecule has 7 heterocycles. The predicted octanol–water partition coefficient (Wildman–Crippen LogP) is 13.0. The molecule has 69 heavy (non-hydrogen) atoms. The van der Waals surface area contributed by atoms with Gasteiger partial charge in [0.2, 0.25) is 0 Å². The first kappa shape index (κ1) is 51.0. The molecule has 0 aliphatic carbocycles. The number of carbonyl (C=O) groups excluding carboxylic acids is 2. The Balaban J connectivity index is 0.000000227. The monoisotopic (exact) mass is 1050 g/mol. The fraction of sp³-hybridized carbons (Fsp3) is 0.137. The van der Waals surface area contributed by atoms with Crippen molar-refractivity contribution < 1.29 is 56.1 Å². The molecule has 18 heteroatoms. The minimum Gasteiger partial charge on any atom is -0.753 e. The average molecular weight is 1050 g/mol. The maximum absolute atomic E-state index is 12.7. The molecule has 0 radical (unpaired) electrons. The Morgan fingerprint density at radius 1 is 0.739 bits per heavy atom. The van der Waals surface area contributed by atoms with Crippen LogP contribution in [0.15, 0.2) is 132 Å². The number of ether oxygens (including phenoxy) is 2. The molecule has 0 aliphatic rings. The Hall–Kier alpha value is -7.36. The number of benzene rings is 2. The molecule has 9 rings (SSSR count). The molecule has 0 saturated heterocycles. The summed E-state index contributed by atoms with van der Waals surface area (Å²) in [4.78, 5) is 40.5. The number of isothiocyanates is 1. The van der Waals surface area contributed by atoms with Crippen molar-refractivity contribution in [2.45, 2.75) is 45.2 Å². The number of aromatic nitrogens is 6. The number of fused-ring (bicyclic) bond motifs is 3. The number of unbranched alkanes of at least 4 members (excludes halogenated alkanes) is 3. The third-order valence-corrected chi connectivity index (χ3v) is 11.2. The molecule has 12 nitrogen and oxygen atoms in total. The first-order chi connectivity index (χ1) is 33.1. The molecule has 7 aromatic heterocycles. The van der Waals surface area contributed by atoms with E-state index in [1.807, 2.05) is 60.7 Å². The third-order valence-electron chi connectivity index (χ3n) is 10.2. The third kappa shape index (κ3) is 13.4. The van der Waals surface area contributed by atoms with Gasteiger partial charge in [0.05, 0.1) is 28.5 Å². The summed E-state index contributed by atoms with van der Waals surface area (Å²) in [5.74, 6) is 0.585. The first-order valence-corrected chi connectivity index (χ1v) is 22.3. The molecule has 0 amide bonds. The molecule has 0 bridgehead atoms. The fourth-order valence-corrected chi connectivity index (χ4v) is 8.05. The van der Waals surface area contributed by atoms with Crippen molar-refractivity contribution in [3.8, 4) is 56.1 Å². The largest absolute Gasteiger partial charge is 2.00 e. The second-order valence-electron chi connectivity index (χ2n) is 14.8. The minimum atomic E-state index is -4.50. The number of carbonyl (C=O) groups is 2. The van der Waals surface area contributed by atoms with Crippen LogP contribution in [0.1, 0.15) is 55.0 Å². The quantitative estimate of drug-likeness (QED) is 0.0314.